The minimum atomic E-state index is -0.478. The Balaban J connectivity index is 1.71. The summed E-state index contributed by atoms with van der Waals surface area (Å²) in [6, 6.07) is 9.15. The van der Waals surface area contributed by atoms with Crippen LogP contribution in [0.5, 0.6) is 0 Å². The molecule has 2 amide bonds. The second-order valence-corrected chi connectivity index (χ2v) is 8.43. The van der Waals surface area contributed by atoms with Crippen molar-refractivity contribution in [1.82, 2.24) is 14.6 Å². The highest BCUT2D eigenvalue weighted by atomic mass is 32.1. The van der Waals surface area contributed by atoms with E-state index >= 15 is 0 Å². The normalized spacial score (nSPS) is 13.6. The summed E-state index contributed by atoms with van der Waals surface area (Å²) in [7, 11) is 0. The monoisotopic (exact) mass is 408 g/mol. The quantitative estimate of drug-likeness (QED) is 0.475. The van der Waals surface area contributed by atoms with Gasteiger partial charge < -0.3 is 0 Å². The van der Waals surface area contributed by atoms with Crippen LogP contribution in [0.3, 0.4) is 0 Å². The fourth-order valence-corrected chi connectivity index (χ4v) is 5.01. The lowest BCUT2D eigenvalue weighted by molar-refractivity contribution is 0.0924. The molecule has 138 valence electrons. The third-order valence-corrected chi connectivity index (χ3v) is 6.32. The maximum Gasteiger partial charge on any atom is 0.301 e. The van der Waals surface area contributed by atoms with Crippen molar-refractivity contribution < 1.29 is 9.59 Å². The fraction of sp³-hybridized carbons (Fsp3) is 0.105. The number of amides is 2. The zero-order valence-corrected chi connectivity index (χ0v) is 16.4. The van der Waals surface area contributed by atoms with Crippen LogP contribution in [0.2, 0.25) is 0 Å². The number of hydrogen-bond donors (Lipinski definition) is 0. The van der Waals surface area contributed by atoms with Gasteiger partial charge in [0.05, 0.1) is 10.6 Å². The highest BCUT2D eigenvalue weighted by molar-refractivity contribution is 7.19. The number of nitrogens with zero attached hydrogens (tertiary/aromatic N) is 4. The van der Waals surface area contributed by atoms with Crippen LogP contribution in [-0.4, -0.2) is 26.4 Å². The van der Waals surface area contributed by atoms with Crippen molar-refractivity contribution in [2.75, 3.05) is 4.90 Å². The molecular formula is C19H12N4O3S2. The molecule has 0 spiro atoms. The Labute approximate surface area is 166 Å². The van der Waals surface area contributed by atoms with E-state index in [2.05, 4.69) is 10.1 Å². The summed E-state index contributed by atoms with van der Waals surface area (Å²) in [5.41, 5.74) is 2.27. The standard InChI is InChI=1S/C19H12N4O3S2/c1-9-6-10(2)8-11(7-9)22-17(25)14-15(18(22)26)28-19-20-16(24)13(21-23(14)19)12-4-3-5-27-12/h3-8H,1-2H3. The molecule has 1 aliphatic heterocycles. The smallest absolute Gasteiger partial charge is 0.267 e. The predicted octanol–water partition coefficient (Wildman–Crippen LogP) is 3.30. The lowest BCUT2D eigenvalue weighted by atomic mass is 10.1. The lowest BCUT2D eigenvalue weighted by Gasteiger charge is -2.15. The minimum absolute atomic E-state index is 0.148. The Bertz CT molecular complexity index is 1330. The number of anilines is 1. The van der Waals surface area contributed by atoms with Gasteiger partial charge in [0.15, 0.2) is 11.4 Å². The Morgan fingerprint density at radius 2 is 1.75 bits per heavy atom. The van der Waals surface area contributed by atoms with Gasteiger partial charge in [0, 0.05) is 0 Å². The Morgan fingerprint density at radius 1 is 1.00 bits per heavy atom. The first kappa shape index (κ1) is 17.0. The van der Waals surface area contributed by atoms with E-state index in [0.717, 1.165) is 27.4 Å². The number of hydrogen-bond acceptors (Lipinski definition) is 7. The van der Waals surface area contributed by atoms with Gasteiger partial charge in [0.2, 0.25) is 4.96 Å². The summed E-state index contributed by atoms with van der Waals surface area (Å²) in [6.45, 7) is 3.83. The van der Waals surface area contributed by atoms with Crippen LogP contribution in [-0.2, 0) is 0 Å². The molecule has 28 heavy (non-hydrogen) atoms. The summed E-state index contributed by atoms with van der Waals surface area (Å²) >= 11 is 2.37. The molecule has 0 radical (unpaired) electrons. The number of aromatic nitrogens is 3. The molecule has 1 aromatic carbocycles. The van der Waals surface area contributed by atoms with Gasteiger partial charge in [-0.2, -0.15) is 14.6 Å². The molecule has 0 fully saturated rings. The van der Waals surface area contributed by atoms with E-state index in [0.29, 0.717) is 10.6 Å². The van der Waals surface area contributed by atoms with Crippen molar-refractivity contribution >= 4 is 45.1 Å². The summed E-state index contributed by atoms with van der Waals surface area (Å²) in [5, 5.41) is 6.19. The second-order valence-electron chi connectivity index (χ2n) is 6.51. The maximum absolute atomic E-state index is 13.1. The third kappa shape index (κ3) is 2.36. The van der Waals surface area contributed by atoms with E-state index in [1.54, 1.807) is 18.2 Å². The van der Waals surface area contributed by atoms with Crippen LogP contribution in [0.25, 0.3) is 15.5 Å². The van der Waals surface area contributed by atoms with Crippen molar-refractivity contribution in [2.24, 2.45) is 0 Å². The topological polar surface area (TPSA) is 84.6 Å². The zero-order chi connectivity index (χ0) is 19.6. The molecule has 1 aliphatic rings. The number of imide groups is 1. The van der Waals surface area contributed by atoms with Gasteiger partial charge in [-0.05, 0) is 48.6 Å². The van der Waals surface area contributed by atoms with E-state index in [9.17, 15) is 14.4 Å². The number of carbonyl (C=O) groups excluding carboxylic acids is 2. The molecule has 0 bridgehead atoms. The third-order valence-electron chi connectivity index (χ3n) is 4.42. The van der Waals surface area contributed by atoms with Crippen LogP contribution < -0.4 is 10.5 Å². The summed E-state index contributed by atoms with van der Waals surface area (Å²) in [6.07, 6.45) is 0. The number of aryl methyl sites for hydroxylation is 2. The summed E-state index contributed by atoms with van der Waals surface area (Å²) in [5.74, 6) is -0.890. The van der Waals surface area contributed by atoms with Crippen molar-refractivity contribution in [2.45, 2.75) is 13.8 Å². The average molecular weight is 408 g/mol. The van der Waals surface area contributed by atoms with Crippen molar-refractivity contribution in [3.05, 3.63) is 67.8 Å². The van der Waals surface area contributed by atoms with Crippen molar-refractivity contribution in [1.29, 1.82) is 0 Å². The predicted molar refractivity (Wildman–Crippen MR) is 108 cm³/mol. The largest absolute Gasteiger partial charge is 0.301 e. The van der Waals surface area contributed by atoms with Gasteiger partial charge in [-0.15, -0.1) is 11.3 Å². The molecule has 7 nitrogen and oxygen atoms in total. The Hall–Kier alpha value is -3.17. The molecule has 0 saturated heterocycles. The zero-order valence-electron chi connectivity index (χ0n) is 14.8. The number of thiophene rings is 1. The van der Waals surface area contributed by atoms with E-state index in [-0.39, 0.29) is 21.2 Å². The molecule has 0 atom stereocenters. The van der Waals surface area contributed by atoms with Gasteiger partial charge >= 0.3 is 5.56 Å². The minimum Gasteiger partial charge on any atom is -0.267 e. The van der Waals surface area contributed by atoms with Gasteiger partial charge in [0.25, 0.3) is 11.8 Å². The molecule has 5 rings (SSSR count). The molecule has 9 heteroatoms. The highest BCUT2D eigenvalue weighted by Gasteiger charge is 2.42. The lowest BCUT2D eigenvalue weighted by Crippen LogP contribution is -2.30. The number of carbonyl (C=O) groups is 2. The fourth-order valence-electron chi connectivity index (χ4n) is 3.33. The molecular weight excluding hydrogens is 396 g/mol. The molecule has 0 N–H and O–H groups in total. The van der Waals surface area contributed by atoms with Gasteiger partial charge in [0.1, 0.15) is 4.88 Å². The number of rotatable bonds is 2. The van der Waals surface area contributed by atoms with Gasteiger partial charge in [-0.3, -0.25) is 14.4 Å². The van der Waals surface area contributed by atoms with E-state index < -0.39 is 17.4 Å². The average Bonchev–Trinajstić information content (AvgIpc) is 3.31. The SMILES string of the molecule is Cc1cc(C)cc(N2C(=O)c3sc4nc(=O)c(-c5cccs5)nn4c3C2=O)c1. The summed E-state index contributed by atoms with van der Waals surface area (Å²) in [4.78, 5) is 44.8. The van der Waals surface area contributed by atoms with E-state index in [4.69, 9.17) is 0 Å². The highest BCUT2D eigenvalue weighted by Crippen LogP contribution is 2.34. The molecule has 0 aliphatic carbocycles. The van der Waals surface area contributed by atoms with Crippen LogP contribution in [0, 0.1) is 13.8 Å². The van der Waals surface area contributed by atoms with Crippen LogP contribution >= 0.6 is 22.7 Å². The number of benzene rings is 1. The number of thiazole rings is 1. The maximum atomic E-state index is 13.1. The Kier molecular flexibility index (Phi) is 3.58. The molecule has 4 aromatic rings. The first-order valence-corrected chi connectivity index (χ1v) is 10.1. The molecule has 0 unspecified atom stereocenters. The Morgan fingerprint density at radius 3 is 2.43 bits per heavy atom. The van der Waals surface area contributed by atoms with E-state index in [1.165, 1.54) is 15.9 Å². The summed E-state index contributed by atoms with van der Waals surface area (Å²) < 4.78 is 1.32. The van der Waals surface area contributed by atoms with E-state index in [1.807, 2.05) is 31.4 Å². The number of fused-ring (bicyclic) bond motifs is 3. The second kappa shape index (κ2) is 5.91. The van der Waals surface area contributed by atoms with Crippen LogP contribution in [0.1, 0.15) is 31.3 Å². The van der Waals surface area contributed by atoms with Crippen molar-refractivity contribution in [3.8, 4) is 10.6 Å². The molecule has 0 saturated carbocycles. The molecule has 4 heterocycles. The van der Waals surface area contributed by atoms with Crippen LogP contribution in [0.15, 0.2) is 40.5 Å². The first-order chi connectivity index (χ1) is 13.4. The van der Waals surface area contributed by atoms with Crippen LogP contribution in [0.4, 0.5) is 5.69 Å². The molecule has 3 aromatic heterocycles. The van der Waals surface area contributed by atoms with Gasteiger partial charge in [-0.25, -0.2) is 4.90 Å². The van der Waals surface area contributed by atoms with Gasteiger partial charge in [-0.1, -0.05) is 23.5 Å². The van der Waals surface area contributed by atoms with Crippen molar-refractivity contribution in [3.63, 3.8) is 0 Å². The first-order valence-electron chi connectivity index (χ1n) is 8.39.